The van der Waals surface area contributed by atoms with Gasteiger partial charge in [-0.3, -0.25) is 0 Å². The Kier molecular flexibility index (Phi) is 12.5. The van der Waals surface area contributed by atoms with Gasteiger partial charge in [0.05, 0.1) is 0 Å². The van der Waals surface area contributed by atoms with Crippen molar-refractivity contribution in [3.05, 3.63) is 29.8 Å². The molecule has 27 heavy (non-hydrogen) atoms. The van der Waals surface area contributed by atoms with E-state index in [2.05, 4.69) is 13.8 Å². The molecule has 0 radical (unpaired) electrons. The summed E-state index contributed by atoms with van der Waals surface area (Å²) in [5.74, 6) is -0.382. The summed E-state index contributed by atoms with van der Waals surface area (Å²) in [6.45, 7) is 9.85. The van der Waals surface area contributed by atoms with Crippen molar-refractivity contribution in [1.29, 1.82) is 0 Å². The SMILES string of the molecule is CC.CC(CO)c1ccc(S(F)(F)(F)(F)F)cc1.CCCCCCCCC. The van der Waals surface area contributed by atoms with Crippen LogP contribution in [-0.4, -0.2) is 11.7 Å². The molecule has 7 heteroatoms. The highest BCUT2D eigenvalue weighted by molar-refractivity contribution is 8.45. The molecule has 1 aromatic rings. The minimum Gasteiger partial charge on any atom is -0.396 e. The van der Waals surface area contributed by atoms with E-state index in [0.29, 0.717) is 17.7 Å². The van der Waals surface area contributed by atoms with E-state index in [0.717, 1.165) is 12.1 Å². The van der Waals surface area contributed by atoms with Gasteiger partial charge in [-0.05, 0) is 17.7 Å². The second-order valence-electron chi connectivity index (χ2n) is 6.39. The fourth-order valence-electron chi connectivity index (χ4n) is 2.19. The third-order valence-electron chi connectivity index (χ3n) is 3.88. The molecule has 0 fully saturated rings. The average molecular weight is 421 g/mol. The highest BCUT2D eigenvalue weighted by Crippen LogP contribution is 3.02. The van der Waals surface area contributed by atoms with Gasteiger partial charge >= 0.3 is 10.2 Å². The fourth-order valence-corrected chi connectivity index (χ4v) is 2.84. The number of unbranched alkanes of at least 4 members (excludes halogenated alkanes) is 6. The van der Waals surface area contributed by atoms with Crippen LogP contribution in [0.1, 0.15) is 91.0 Å². The molecule has 1 N–H and O–H groups in total. The summed E-state index contributed by atoms with van der Waals surface area (Å²) in [5.41, 5.74) is 0.383. The topological polar surface area (TPSA) is 20.2 Å². The summed E-state index contributed by atoms with van der Waals surface area (Å²) in [7, 11) is -9.56. The van der Waals surface area contributed by atoms with Crippen molar-refractivity contribution in [3.63, 3.8) is 0 Å². The molecule has 0 saturated heterocycles. The van der Waals surface area contributed by atoms with Crippen LogP contribution in [-0.2, 0) is 0 Å². The monoisotopic (exact) mass is 420 g/mol. The zero-order valence-electron chi connectivity index (χ0n) is 17.3. The minimum atomic E-state index is -9.56. The van der Waals surface area contributed by atoms with Gasteiger partial charge in [-0.15, -0.1) is 0 Å². The van der Waals surface area contributed by atoms with Crippen LogP contribution in [0.25, 0.3) is 0 Å². The van der Waals surface area contributed by atoms with Gasteiger partial charge in [0.15, 0.2) is 0 Å². The van der Waals surface area contributed by atoms with Crippen molar-refractivity contribution in [3.8, 4) is 0 Å². The van der Waals surface area contributed by atoms with Crippen molar-refractivity contribution in [2.45, 2.75) is 90.4 Å². The maximum Gasteiger partial charge on any atom is 0.310 e. The predicted molar refractivity (Wildman–Crippen MR) is 108 cm³/mol. The molecule has 0 aliphatic rings. The van der Waals surface area contributed by atoms with E-state index >= 15 is 0 Å². The Labute approximate surface area is 162 Å². The molecule has 0 spiro atoms. The van der Waals surface area contributed by atoms with Crippen molar-refractivity contribution >= 4 is 10.2 Å². The minimum absolute atomic E-state index is 0.254. The van der Waals surface area contributed by atoms with Gasteiger partial charge in [-0.1, -0.05) is 111 Å². The lowest BCUT2D eigenvalue weighted by Crippen LogP contribution is -2.06. The first-order valence-electron chi connectivity index (χ1n) is 9.80. The first-order chi connectivity index (χ1) is 12.4. The number of benzene rings is 1. The Balaban J connectivity index is 0. The molecule has 0 aliphatic heterocycles. The van der Waals surface area contributed by atoms with E-state index in [1.54, 1.807) is 6.92 Å². The summed E-state index contributed by atoms with van der Waals surface area (Å²) in [5, 5.41) is 8.76. The van der Waals surface area contributed by atoms with Crippen LogP contribution >= 0.6 is 10.2 Å². The van der Waals surface area contributed by atoms with Crippen molar-refractivity contribution in [1.82, 2.24) is 0 Å². The molecule has 0 saturated carbocycles. The Morgan fingerprint density at radius 2 is 1.15 bits per heavy atom. The van der Waals surface area contributed by atoms with Crippen molar-refractivity contribution < 1.29 is 24.5 Å². The van der Waals surface area contributed by atoms with Crippen molar-refractivity contribution in [2.75, 3.05) is 6.61 Å². The van der Waals surface area contributed by atoms with Gasteiger partial charge in [0.1, 0.15) is 4.90 Å². The molecular weight excluding hydrogens is 383 g/mol. The molecule has 1 rings (SSSR count). The Hall–Kier alpha value is -0.820. The molecule has 1 atom stereocenters. The molecule has 1 unspecified atom stereocenters. The van der Waals surface area contributed by atoms with Crippen LogP contribution < -0.4 is 0 Å². The largest absolute Gasteiger partial charge is 0.396 e. The van der Waals surface area contributed by atoms with Crippen molar-refractivity contribution in [2.24, 2.45) is 0 Å². The van der Waals surface area contributed by atoms with E-state index in [4.69, 9.17) is 5.11 Å². The molecule has 1 aromatic carbocycles. The lowest BCUT2D eigenvalue weighted by atomic mass is 10.0. The number of aliphatic hydroxyl groups excluding tert-OH is 1. The van der Waals surface area contributed by atoms with Gasteiger partial charge in [0.25, 0.3) is 0 Å². The standard InChI is InChI=1S/C9H11F5OS.C9H20.C2H6/c1-7(6-15)8-2-4-9(5-3-8)16(10,11,12,13)14;1-3-5-7-9-8-6-4-2;1-2/h2-5,7,15H,6H2,1H3;3-9H2,1-2H3;1-2H3. The molecule has 1 nitrogen and oxygen atoms in total. The van der Waals surface area contributed by atoms with Crippen LogP contribution in [0.4, 0.5) is 19.4 Å². The predicted octanol–water partition coefficient (Wildman–Crippen LogP) is 9.22. The van der Waals surface area contributed by atoms with Gasteiger partial charge < -0.3 is 5.11 Å². The molecule has 164 valence electrons. The lowest BCUT2D eigenvalue weighted by molar-refractivity contribution is 0.273. The van der Waals surface area contributed by atoms with E-state index in [9.17, 15) is 19.4 Å². The Morgan fingerprint density at radius 3 is 1.44 bits per heavy atom. The van der Waals surface area contributed by atoms with Crippen LogP contribution in [0.2, 0.25) is 0 Å². The van der Waals surface area contributed by atoms with E-state index in [-0.39, 0.29) is 12.5 Å². The highest BCUT2D eigenvalue weighted by atomic mass is 32.5. The Morgan fingerprint density at radius 1 is 0.778 bits per heavy atom. The fraction of sp³-hybridized carbons (Fsp3) is 0.700. The summed E-state index contributed by atoms with van der Waals surface area (Å²) in [4.78, 5) is -1.91. The first kappa shape index (κ1) is 28.4. The number of halogens is 5. The maximum absolute atomic E-state index is 12.3. The number of hydrogen-bond acceptors (Lipinski definition) is 1. The normalized spacial score (nSPS) is 14.6. The molecule has 0 amide bonds. The quantitative estimate of drug-likeness (QED) is 0.312. The molecule has 0 bridgehead atoms. The highest BCUT2D eigenvalue weighted by Gasteiger charge is 2.65. The van der Waals surface area contributed by atoms with E-state index in [1.807, 2.05) is 13.8 Å². The van der Waals surface area contributed by atoms with E-state index in [1.165, 1.54) is 44.9 Å². The lowest BCUT2D eigenvalue weighted by Gasteiger charge is -2.40. The van der Waals surface area contributed by atoms with Crippen LogP contribution in [0.5, 0.6) is 0 Å². The zero-order valence-corrected chi connectivity index (χ0v) is 18.1. The van der Waals surface area contributed by atoms with Gasteiger partial charge in [0.2, 0.25) is 0 Å². The smallest absolute Gasteiger partial charge is 0.310 e. The first-order valence-corrected chi connectivity index (χ1v) is 11.8. The van der Waals surface area contributed by atoms with E-state index < -0.39 is 15.1 Å². The van der Waals surface area contributed by atoms with Crippen LogP contribution in [0, 0.1) is 0 Å². The van der Waals surface area contributed by atoms with Gasteiger partial charge in [-0.2, -0.15) is 0 Å². The summed E-state index contributed by atoms with van der Waals surface area (Å²) in [6, 6.07) is 2.61. The molecule has 0 aromatic heterocycles. The van der Waals surface area contributed by atoms with Gasteiger partial charge in [-0.25, -0.2) is 0 Å². The maximum atomic E-state index is 12.3. The second kappa shape index (κ2) is 11.9. The number of aliphatic hydroxyl groups is 1. The van der Waals surface area contributed by atoms with Crippen LogP contribution in [0.15, 0.2) is 29.2 Å². The second-order valence-corrected chi connectivity index (χ2v) is 8.80. The molecular formula is C20H37F5OS. The summed E-state index contributed by atoms with van der Waals surface area (Å²) >= 11 is 0. The average Bonchev–Trinajstić information content (AvgIpc) is 2.61. The number of rotatable bonds is 9. The van der Waals surface area contributed by atoms with Gasteiger partial charge in [0, 0.05) is 12.5 Å². The molecule has 0 aliphatic carbocycles. The third-order valence-corrected chi connectivity index (χ3v) is 5.04. The zero-order chi connectivity index (χ0) is 21.6. The third kappa shape index (κ3) is 13.9. The number of hydrogen-bond donors (Lipinski definition) is 1. The Bertz CT molecular complexity index is 479. The summed E-state index contributed by atoms with van der Waals surface area (Å²) < 4.78 is 61.6. The summed E-state index contributed by atoms with van der Waals surface area (Å²) in [6.07, 6.45) is 9.97. The van der Waals surface area contributed by atoms with Crippen LogP contribution in [0.3, 0.4) is 0 Å². The molecule has 0 heterocycles.